The third-order valence-corrected chi connectivity index (χ3v) is 4.37. The molecule has 0 aromatic rings. The van der Waals surface area contributed by atoms with Gasteiger partial charge in [-0.2, -0.15) is 0 Å². The second-order valence-corrected chi connectivity index (χ2v) is 7.52. The Kier molecular flexibility index (Phi) is 22.8. The number of hydrogen-bond donors (Lipinski definition) is 2. The molecule has 0 saturated carbocycles. The average molecular weight is 483 g/mol. The zero-order valence-electron chi connectivity index (χ0n) is 21.5. The highest BCUT2D eigenvalue weighted by molar-refractivity contribution is 5.93. The lowest BCUT2D eigenvalue weighted by atomic mass is 10.1. The first-order chi connectivity index (χ1) is 16.2. The fourth-order valence-corrected chi connectivity index (χ4v) is 2.81. The molecule has 0 aliphatic rings. The van der Waals surface area contributed by atoms with Crippen LogP contribution in [0.25, 0.3) is 0 Å². The van der Waals surface area contributed by atoms with Crippen molar-refractivity contribution in [2.45, 2.75) is 91.5 Å². The van der Waals surface area contributed by atoms with Crippen LogP contribution < -0.4 is 10.6 Å². The predicted octanol–water partition coefficient (Wildman–Crippen LogP) is 4.75. The highest BCUT2D eigenvalue weighted by atomic mass is 16.5. The molecule has 0 unspecified atom stereocenters. The van der Waals surface area contributed by atoms with Crippen LogP contribution >= 0.6 is 0 Å². The molecule has 0 rings (SSSR count). The van der Waals surface area contributed by atoms with Crippen LogP contribution in [-0.2, 0) is 28.7 Å². The largest absolute Gasteiger partial charge is 0.464 e. The second-order valence-electron chi connectivity index (χ2n) is 7.52. The van der Waals surface area contributed by atoms with Crippen molar-refractivity contribution in [2.75, 3.05) is 13.2 Å². The van der Waals surface area contributed by atoms with Gasteiger partial charge in [0, 0.05) is 15.3 Å². The molecule has 0 aromatic carbocycles. The smallest absolute Gasteiger partial charge is 0.354 e. The summed E-state index contributed by atoms with van der Waals surface area (Å²) in [6.45, 7) is 14.2. The van der Waals surface area contributed by atoms with Crippen molar-refractivity contribution in [1.29, 1.82) is 0 Å². The van der Waals surface area contributed by atoms with Gasteiger partial charge in [0.2, 0.25) is 11.8 Å². The topological polar surface area (TPSA) is 111 Å². The van der Waals surface area contributed by atoms with Crippen molar-refractivity contribution in [1.82, 2.24) is 10.6 Å². The molecule has 2 amide bonds. The average Bonchev–Trinajstić information content (AvgIpc) is 2.77. The monoisotopic (exact) mass is 482 g/mol. The number of carbonyl (C=O) groups excluding carboxylic acids is 4. The number of unbranched alkanes of at least 4 members (excludes halogenated alkanes) is 6. The molecule has 0 radical (unpaired) electrons. The zero-order valence-corrected chi connectivity index (χ0v) is 21.5. The van der Waals surface area contributed by atoms with E-state index in [9.17, 15) is 19.2 Å². The van der Waals surface area contributed by atoms with Crippen LogP contribution in [0.4, 0.5) is 0 Å². The number of nitrogens with one attached hydrogen (secondary N) is 2. The SMILES string of the molecule is C=CCCCC/C=C(\NC(C)=O)C(=O)OCC.C=CCCCCC[C@H](NC(C)=O)C(=O)OCC.[HH]. The van der Waals surface area contributed by atoms with Gasteiger partial charge in [0.15, 0.2) is 0 Å². The summed E-state index contributed by atoms with van der Waals surface area (Å²) >= 11 is 0. The molecule has 8 heteroatoms. The Morgan fingerprint density at radius 1 is 0.824 bits per heavy atom. The van der Waals surface area contributed by atoms with Crippen LogP contribution in [0.1, 0.15) is 86.9 Å². The molecular formula is C26H46N2O6. The summed E-state index contributed by atoms with van der Waals surface area (Å²) in [7, 11) is 0. The normalized spacial score (nSPS) is 11.2. The predicted molar refractivity (Wildman–Crippen MR) is 137 cm³/mol. The van der Waals surface area contributed by atoms with Crippen molar-refractivity contribution >= 4 is 23.8 Å². The van der Waals surface area contributed by atoms with Gasteiger partial charge in [-0.3, -0.25) is 9.59 Å². The number of ether oxygens (including phenoxy) is 2. The van der Waals surface area contributed by atoms with Crippen molar-refractivity contribution in [3.8, 4) is 0 Å². The summed E-state index contributed by atoms with van der Waals surface area (Å²) in [6, 6.07) is -0.504. The molecule has 34 heavy (non-hydrogen) atoms. The molecule has 0 fully saturated rings. The molecule has 8 nitrogen and oxygen atoms in total. The summed E-state index contributed by atoms with van der Waals surface area (Å²) in [5.74, 6) is -1.29. The molecule has 0 bridgehead atoms. The maximum Gasteiger partial charge on any atom is 0.354 e. The van der Waals surface area contributed by atoms with Crippen LogP contribution in [0.15, 0.2) is 37.1 Å². The number of amides is 2. The zero-order chi connectivity index (χ0) is 26.2. The first kappa shape index (κ1) is 33.3. The van der Waals surface area contributed by atoms with Gasteiger partial charge >= 0.3 is 11.9 Å². The molecular weight excluding hydrogens is 436 g/mol. The van der Waals surface area contributed by atoms with Gasteiger partial charge < -0.3 is 20.1 Å². The van der Waals surface area contributed by atoms with E-state index in [1.807, 2.05) is 12.2 Å². The van der Waals surface area contributed by atoms with Gasteiger partial charge in [0.05, 0.1) is 13.2 Å². The molecule has 0 spiro atoms. The maximum absolute atomic E-state index is 11.5. The van der Waals surface area contributed by atoms with E-state index < -0.39 is 12.0 Å². The second kappa shape index (κ2) is 23.3. The van der Waals surface area contributed by atoms with Crippen LogP contribution in [-0.4, -0.2) is 43.0 Å². The van der Waals surface area contributed by atoms with Gasteiger partial charge in [-0.05, 0) is 58.8 Å². The third kappa shape index (κ3) is 21.0. The first-order valence-corrected chi connectivity index (χ1v) is 12.0. The minimum Gasteiger partial charge on any atom is -0.464 e. The van der Waals surface area contributed by atoms with E-state index in [-0.39, 0.29) is 24.9 Å². The molecule has 196 valence electrons. The van der Waals surface area contributed by atoms with Crippen LogP contribution in [0.5, 0.6) is 0 Å². The van der Waals surface area contributed by atoms with Crippen LogP contribution in [0.2, 0.25) is 0 Å². The number of rotatable bonds is 17. The van der Waals surface area contributed by atoms with Crippen molar-refractivity contribution < 1.29 is 30.1 Å². The van der Waals surface area contributed by atoms with Crippen molar-refractivity contribution in [3.63, 3.8) is 0 Å². The quantitative estimate of drug-likeness (QED) is 0.134. The Bertz CT molecular complexity index is 664. The standard InChI is InChI=1S/C13H23NO3.C13H21NO3.H2/c2*1-4-6-7-8-9-10-12(14-11(3)15)13(16)17-5-2;/h4,12H,1,5-10H2,2-3H3,(H,14,15);4,10H,1,5-9H2,2-3H3,(H,14,15);1H/b;12-10-;/t12-;;/m0../s1. The summed E-state index contributed by atoms with van der Waals surface area (Å²) in [6.07, 6.45) is 13.8. The van der Waals surface area contributed by atoms with Gasteiger partial charge in [0.25, 0.3) is 0 Å². The third-order valence-electron chi connectivity index (χ3n) is 4.37. The minimum atomic E-state index is -0.504. The lowest BCUT2D eigenvalue weighted by molar-refractivity contribution is -0.147. The number of hydrogen-bond acceptors (Lipinski definition) is 6. The number of allylic oxidation sites excluding steroid dienone is 3. The molecule has 0 saturated heterocycles. The first-order valence-electron chi connectivity index (χ1n) is 12.0. The Hall–Kier alpha value is -2.90. The Morgan fingerprint density at radius 2 is 1.38 bits per heavy atom. The van der Waals surface area contributed by atoms with E-state index in [0.29, 0.717) is 19.6 Å². The van der Waals surface area contributed by atoms with E-state index in [1.54, 1.807) is 19.9 Å². The number of esters is 2. The molecule has 0 aliphatic heterocycles. The maximum atomic E-state index is 11.5. The van der Waals surface area contributed by atoms with Gasteiger partial charge in [-0.1, -0.05) is 31.1 Å². The fourth-order valence-electron chi connectivity index (χ4n) is 2.81. The Morgan fingerprint density at radius 3 is 1.88 bits per heavy atom. The molecule has 0 aliphatic carbocycles. The summed E-state index contributed by atoms with van der Waals surface area (Å²) < 4.78 is 9.76. The van der Waals surface area contributed by atoms with E-state index >= 15 is 0 Å². The highest BCUT2D eigenvalue weighted by Gasteiger charge is 2.19. The van der Waals surface area contributed by atoms with Crippen molar-refractivity contribution in [2.24, 2.45) is 0 Å². The molecule has 0 heterocycles. The van der Waals surface area contributed by atoms with Crippen LogP contribution in [0, 0.1) is 0 Å². The molecule has 0 aromatic heterocycles. The lowest BCUT2D eigenvalue weighted by Gasteiger charge is -2.15. The number of carbonyl (C=O) groups is 4. The van der Waals surface area contributed by atoms with Crippen molar-refractivity contribution in [3.05, 3.63) is 37.1 Å². The fraction of sp³-hybridized carbons (Fsp3) is 0.615. The van der Waals surface area contributed by atoms with Gasteiger partial charge in [0.1, 0.15) is 11.7 Å². The minimum absolute atomic E-state index is 0. The highest BCUT2D eigenvalue weighted by Crippen LogP contribution is 2.08. The molecule has 1 atom stereocenters. The Balaban J connectivity index is -0.000000569. The summed E-state index contributed by atoms with van der Waals surface area (Å²) in [4.78, 5) is 44.9. The lowest BCUT2D eigenvalue weighted by Crippen LogP contribution is -2.40. The van der Waals surface area contributed by atoms with E-state index in [4.69, 9.17) is 9.47 Å². The van der Waals surface area contributed by atoms with Gasteiger partial charge in [-0.15, -0.1) is 13.2 Å². The summed E-state index contributed by atoms with van der Waals surface area (Å²) in [5.41, 5.74) is 0.234. The van der Waals surface area contributed by atoms with Crippen LogP contribution in [0.3, 0.4) is 0 Å². The van der Waals surface area contributed by atoms with E-state index in [2.05, 4.69) is 23.8 Å². The van der Waals surface area contributed by atoms with Gasteiger partial charge in [-0.25, -0.2) is 9.59 Å². The van der Waals surface area contributed by atoms with E-state index in [0.717, 1.165) is 51.4 Å². The summed E-state index contributed by atoms with van der Waals surface area (Å²) in [5, 5.41) is 5.10. The van der Waals surface area contributed by atoms with E-state index in [1.165, 1.54) is 13.8 Å². The Labute approximate surface area is 206 Å². The molecule has 2 N–H and O–H groups in total.